The van der Waals surface area contributed by atoms with Crippen LogP contribution in [0.2, 0.25) is 0 Å². The van der Waals surface area contributed by atoms with Crippen molar-refractivity contribution in [3.8, 4) is 5.75 Å². The Balaban J connectivity index is 1.93. The van der Waals surface area contributed by atoms with E-state index >= 15 is 0 Å². The van der Waals surface area contributed by atoms with Gasteiger partial charge in [0.25, 0.3) is 11.7 Å². The largest absolute Gasteiger partial charge is 0.507 e. The molecule has 2 aromatic carbocycles. The Morgan fingerprint density at radius 3 is 2.58 bits per heavy atom. The molecule has 1 aromatic heterocycles. The third kappa shape index (κ3) is 4.19. The first kappa shape index (κ1) is 22.1. The summed E-state index contributed by atoms with van der Waals surface area (Å²) in [6.45, 7) is 3.68. The van der Waals surface area contributed by atoms with E-state index in [0.717, 1.165) is 23.1 Å². The van der Waals surface area contributed by atoms with Gasteiger partial charge in [-0.05, 0) is 49.7 Å². The van der Waals surface area contributed by atoms with Crippen molar-refractivity contribution in [3.05, 3.63) is 95.3 Å². The van der Waals surface area contributed by atoms with Crippen molar-refractivity contribution < 1.29 is 28.2 Å². The van der Waals surface area contributed by atoms with E-state index in [1.165, 1.54) is 18.5 Å². The Morgan fingerprint density at radius 2 is 1.88 bits per heavy atom. The van der Waals surface area contributed by atoms with Crippen LogP contribution in [0.15, 0.2) is 72.6 Å². The maximum Gasteiger partial charge on any atom is 0.300 e. The number of Topliss-reactive ketones (excluding diaryl/α,β-unsaturated/α-hetero) is 1. The number of ether oxygens (including phenoxy) is 1. The lowest BCUT2D eigenvalue weighted by Crippen LogP contribution is -2.30. The third-order valence-electron chi connectivity index (χ3n) is 5.09. The monoisotopic (exact) mass is 450 g/mol. The number of benzene rings is 2. The molecule has 1 aliphatic heterocycles. The second-order valence-corrected chi connectivity index (χ2v) is 7.75. The SMILES string of the molecule is CC(C)Oc1cccc(/C(O)=C2\C(=O)C(=O)N(c3cc(F)ccc3F)C2c2cccnc2)c1. The number of aliphatic hydroxyl groups is 1. The fraction of sp³-hybridized carbons (Fsp3) is 0.160. The number of nitrogens with zero attached hydrogens (tertiary/aromatic N) is 2. The molecule has 1 amide bonds. The average Bonchev–Trinajstić information content (AvgIpc) is 3.06. The number of carbonyl (C=O) groups excluding carboxylic acids is 2. The van der Waals surface area contributed by atoms with E-state index in [4.69, 9.17) is 4.74 Å². The van der Waals surface area contributed by atoms with Crippen molar-refractivity contribution in [2.75, 3.05) is 4.90 Å². The molecule has 0 radical (unpaired) electrons. The maximum absolute atomic E-state index is 14.7. The van der Waals surface area contributed by atoms with E-state index in [-0.39, 0.29) is 17.2 Å². The van der Waals surface area contributed by atoms with Crippen molar-refractivity contribution in [2.24, 2.45) is 0 Å². The van der Waals surface area contributed by atoms with Crippen molar-refractivity contribution in [1.82, 2.24) is 4.98 Å². The Hall–Kier alpha value is -4.07. The lowest BCUT2D eigenvalue weighted by Gasteiger charge is -2.25. The number of hydrogen-bond donors (Lipinski definition) is 1. The zero-order valence-electron chi connectivity index (χ0n) is 17.8. The lowest BCUT2D eigenvalue weighted by atomic mass is 9.96. The van der Waals surface area contributed by atoms with Gasteiger partial charge in [-0.1, -0.05) is 18.2 Å². The Kier molecular flexibility index (Phi) is 5.91. The quantitative estimate of drug-likeness (QED) is 0.344. The number of ketones is 1. The minimum atomic E-state index is -1.22. The first-order valence-electron chi connectivity index (χ1n) is 10.2. The number of anilines is 1. The van der Waals surface area contributed by atoms with Crippen LogP contribution < -0.4 is 9.64 Å². The van der Waals surface area contributed by atoms with Crippen LogP contribution in [0.25, 0.3) is 5.76 Å². The van der Waals surface area contributed by atoms with Crippen molar-refractivity contribution in [2.45, 2.75) is 26.0 Å². The van der Waals surface area contributed by atoms with Crippen molar-refractivity contribution >= 4 is 23.1 Å². The van der Waals surface area contributed by atoms with Gasteiger partial charge >= 0.3 is 0 Å². The predicted octanol–water partition coefficient (Wildman–Crippen LogP) is 4.77. The van der Waals surface area contributed by atoms with Crippen LogP contribution in [0.4, 0.5) is 14.5 Å². The Labute approximate surface area is 188 Å². The van der Waals surface area contributed by atoms with E-state index in [0.29, 0.717) is 11.3 Å². The van der Waals surface area contributed by atoms with Gasteiger partial charge in [-0.2, -0.15) is 0 Å². The smallest absolute Gasteiger partial charge is 0.300 e. The lowest BCUT2D eigenvalue weighted by molar-refractivity contribution is -0.132. The molecule has 0 bridgehead atoms. The molecule has 1 saturated heterocycles. The highest BCUT2D eigenvalue weighted by Crippen LogP contribution is 2.43. The van der Waals surface area contributed by atoms with Gasteiger partial charge in [0.05, 0.1) is 23.4 Å². The summed E-state index contributed by atoms with van der Waals surface area (Å²) in [5.41, 5.74) is -0.100. The van der Waals surface area contributed by atoms with Gasteiger partial charge in [0.1, 0.15) is 23.1 Å². The molecule has 1 unspecified atom stereocenters. The highest BCUT2D eigenvalue weighted by Gasteiger charge is 2.48. The Morgan fingerprint density at radius 1 is 1.09 bits per heavy atom. The number of rotatable bonds is 5. The zero-order chi connectivity index (χ0) is 23.7. The van der Waals surface area contributed by atoms with E-state index < -0.39 is 40.8 Å². The molecular formula is C25H20F2N2O4. The number of aromatic nitrogens is 1. The summed E-state index contributed by atoms with van der Waals surface area (Å²) in [7, 11) is 0. The number of pyridine rings is 1. The van der Waals surface area contributed by atoms with Crippen LogP contribution in [-0.2, 0) is 9.59 Å². The van der Waals surface area contributed by atoms with Crippen LogP contribution in [0.3, 0.4) is 0 Å². The number of carbonyl (C=O) groups is 2. The van der Waals surface area contributed by atoms with Gasteiger partial charge < -0.3 is 9.84 Å². The van der Waals surface area contributed by atoms with E-state index in [1.54, 1.807) is 30.3 Å². The standard InChI is InChI=1S/C25H20F2N2O4/c1-14(2)33-18-7-3-5-15(11-18)23(30)21-22(16-6-4-10-28-13-16)29(25(32)24(21)31)20-12-17(26)8-9-19(20)27/h3-14,22,30H,1-2H3/b23-21+. The minimum absolute atomic E-state index is 0.126. The molecule has 1 N–H and O–H groups in total. The van der Waals surface area contributed by atoms with E-state index in [1.807, 2.05) is 13.8 Å². The van der Waals surface area contributed by atoms with Gasteiger partial charge in [0.15, 0.2) is 0 Å². The highest BCUT2D eigenvalue weighted by atomic mass is 19.1. The summed E-state index contributed by atoms with van der Waals surface area (Å²) < 4.78 is 34.2. The average molecular weight is 450 g/mol. The predicted molar refractivity (Wildman–Crippen MR) is 118 cm³/mol. The van der Waals surface area contributed by atoms with Gasteiger partial charge in [-0.15, -0.1) is 0 Å². The Bertz CT molecular complexity index is 1260. The molecule has 0 saturated carbocycles. The summed E-state index contributed by atoms with van der Waals surface area (Å²) in [5, 5.41) is 11.1. The molecule has 0 spiro atoms. The summed E-state index contributed by atoms with van der Waals surface area (Å²) >= 11 is 0. The number of amides is 1. The van der Waals surface area contributed by atoms with Crippen LogP contribution in [0, 0.1) is 11.6 Å². The van der Waals surface area contributed by atoms with Crippen LogP contribution in [-0.4, -0.2) is 27.9 Å². The van der Waals surface area contributed by atoms with Crippen LogP contribution in [0.1, 0.15) is 31.0 Å². The van der Waals surface area contributed by atoms with Crippen LogP contribution >= 0.6 is 0 Å². The molecule has 0 aliphatic carbocycles. The van der Waals surface area contributed by atoms with E-state index in [9.17, 15) is 23.5 Å². The first-order chi connectivity index (χ1) is 15.8. The normalized spacial score (nSPS) is 17.6. The maximum atomic E-state index is 14.7. The van der Waals surface area contributed by atoms with Crippen molar-refractivity contribution in [1.29, 1.82) is 0 Å². The topological polar surface area (TPSA) is 79.7 Å². The molecular weight excluding hydrogens is 430 g/mol. The fourth-order valence-electron chi connectivity index (χ4n) is 3.75. The zero-order valence-corrected chi connectivity index (χ0v) is 17.8. The van der Waals surface area contributed by atoms with Gasteiger partial charge in [0, 0.05) is 24.0 Å². The molecule has 1 atom stereocenters. The molecule has 2 heterocycles. The van der Waals surface area contributed by atoms with Crippen LogP contribution in [0.5, 0.6) is 5.75 Å². The molecule has 168 valence electrons. The molecule has 8 heteroatoms. The third-order valence-corrected chi connectivity index (χ3v) is 5.09. The molecule has 4 rings (SSSR count). The first-order valence-corrected chi connectivity index (χ1v) is 10.2. The number of aliphatic hydroxyl groups excluding tert-OH is 1. The molecule has 1 fully saturated rings. The van der Waals surface area contributed by atoms with Gasteiger partial charge in [0.2, 0.25) is 0 Å². The summed E-state index contributed by atoms with van der Waals surface area (Å²) in [6.07, 6.45) is 2.76. The van der Waals surface area contributed by atoms with Crippen molar-refractivity contribution in [3.63, 3.8) is 0 Å². The molecule has 6 nitrogen and oxygen atoms in total. The second-order valence-electron chi connectivity index (χ2n) is 7.75. The highest BCUT2D eigenvalue weighted by molar-refractivity contribution is 6.51. The van der Waals surface area contributed by atoms with E-state index in [2.05, 4.69) is 4.98 Å². The summed E-state index contributed by atoms with van der Waals surface area (Å²) in [5.74, 6) is -3.80. The second kappa shape index (κ2) is 8.82. The minimum Gasteiger partial charge on any atom is -0.507 e. The summed E-state index contributed by atoms with van der Waals surface area (Å²) in [4.78, 5) is 30.9. The van der Waals surface area contributed by atoms with Gasteiger partial charge in [-0.25, -0.2) is 8.78 Å². The number of halogens is 2. The molecule has 3 aromatic rings. The summed E-state index contributed by atoms with van der Waals surface area (Å²) in [6, 6.07) is 11.0. The van der Waals surface area contributed by atoms with Gasteiger partial charge in [-0.3, -0.25) is 19.5 Å². The number of hydrogen-bond acceptors (Lipinski definition) is 5. The molecule has 33 heavy (non-hydrogen) atoms. The fourth-order valence-corrected chi connectivity index (χ4v) is 3.75. The molecule has 1 aliphatic rings.